The first-order valence-corrected chi connectivity index (χ1v) is 8.67. The minimum atomic E-state index is 0.0116. The molecule has 0 aliphatic heterocycles. The van der Waals surface area contributed by atoms with Gasteiger partial charge in [-0.15, -0.1) is 0 Å². The highest BCUT2D eigenvalue weighted by Gasteiger charge is 2.04. The van der Waals surface area contributed by atoms with Crippen molar-refractivity contribution >= 4 is 22.6 Å². The lowest BCUT2D eigenvalue weighted by Crippen LogP contribution is -1.93. The summed E-state index contributed by atoms with van der Waals surface area (Å²) in [7, 11) is 0. The number of fused-ring (bicyclic) bond motifs is 1. The van der Waals surface area contributed by atoms with E-state index in [4.69, 9.17) is 0 Å². The van der Waals surface area contributed by atoms with Crippen molar-refractivity contribution in [2.45, 2.75) is 0 Å². The SMILES string of the molecule is O=C(/C=C/c1cccc2ccccc12)c1ccc(-c2ccccc2)cc1. The average molecular weight is 334 g/mol. The van der Waals surface area contributed by atoms with Gasteiger partial charge < -0.3 is 0 Å². The molecule has 0 amide bonds. The first kappa shape index (κ1) is 16.0. The highest BCUT2D eigenvalue weighted by molar-refractivity contribution is 6.08. The molecule has 0 N–H and O–H groups in total. The summed E-state index contributed by atoms with van der Waals surface area (Å²) in [6.45, 7) is 0. The van der Waals surface area contributed by atoms with Gasteiger partial charge in [0.1, 0.15) is 0 Å². The van der Waals surface area contributed by atoms with Crippen LogP contribution in [0, 0.1) is 0 Å². The van der Waals surface area contributed by atoms with Gasteiger partial charge in [0.25, 0.3) is 0 Å². The summed E-state index contributed by atoms with van der Waals surface area (Å²) in [6, 6.07) is 32.3. The monoisotopic (exact) mass is 334 g/mol. The second-order valence-electron chi connectivity index (χ2n) is 6.21. The summed E-state index contributed by atoms with van der Waals surface area (Å²) in [5, 5.41) is 2.33. The quantitative estimate of drug-likeness (QED) is 0.311. The summed E-state index contributed by atoms with van der Waals surface area (Å²) >= 11 is 0. The Morgan fingerprint density at radius 1 is 0.615 bits per heavy atom. The second kappa shape index (κ2) is 7.20. The molecular formula is C25H18O. The van der Waals surface area contributed by atoms with Gasteiger partial charge in [0.2, 0.25) is 0 Å². The van der Waals surface area contributed by atoms with E-state index >= 15 is 0 Å². The molecule has 0 aliphatic carbocycles. The minimum absolute atomic E-state index is 0.0116. The van der Waals surface area contributed by atoms with Gasteiger partial charge in [-0.2, -0.15) is 0 Å². The van der Waals surface area contributed by atoms with Crippen LogP contribution in [0.15, 0.2) is 103 Å². The third kappa shape index (κ3) is 3.33. The molecule has 0 bridgehead atoms. The molecule has 1 nitrogen and oxygen atoms in total. The molecule has 26 heavy (non-hydrogen) atoms. The molecule has 0 spiro atoms. The van der Waals surface area contributed by atoms with E-state index in [2.05, 4.69) is 30.3 Å². The molecule has 124 valence electrons. The summed E-state index contributed by atoms with van der Waals surface area (Å²) in [5.74, 6) is 0.0116. The van der Waals surface area contributed by atoms with Crippen molar-refractivity contribution in [2.24, 2.45) is 0 Å². The zero-order chi connectivity index (χ0) is 17.8. The summed E-state index contributed by atoms with van der Waals surface area (Å²) in [5.41, 5.74) is 4.01. The molecule has 0 aromatic heterocycles. The molecule has 4 aromatic carbocycles. The molecule has 0 saturated heterocycles. The third-order valence-corrected chi connectivity index (χ3v) is 4.51. The maximum absolute atomic E-state index is 12.5. The molecule has 1 heteroatoms. The summed E-state index contributed by atoms with van der Waals surface area (Å²) in [6.07, 6.45) is 3.55. The number of benzene rings is 4. The molecule has 0 aliphatic rings. The van der Waals surface area contributed by atoms with Crippen LogP contribution in [0.25, 0.3) is 28.0 Å². The van der Waals surface area contributed by atoms with Gasteiger partial charge in [0.15, 0.2) is 5.78 Å². The van der Waals surface area contributed by atoms with Gasteiger partial charge in [-0.3, -0.25) is 4.79 Å². The first-order chi connectivity index (χ1) is 12.8. The Kier molecular flexibility index (Phi) is 4.44. The molecule has 0 saturated carbocycles. The van der Waals surface area contributed by atoms with E-state index in [0.717, 1.165) is 22.1 Å². The fourth-order valence-corrected chi connectivity index (χ4v) is 3.12. The predicted octanol–water partition coefficient (Wildman–Crippen LogP) is 6.40. The van der Waals surface area contributed by atoms with Crippen molar-refractivity contribution in [3.63, 3.8) is 0 Å². The Labute approximate surface area is 153 Å². The van der Waals surface area contributed by atoms with E-state index in [1.807, 2.05) is 72.8 Å². The van der Waals surface area contributed by atoms with Crippen LogP contribution in [0.1, 0.15) is 15.9 Å². The lowest BCUT2D eigenvalue weighted by Gasteiger charge is -2.03. The van der Waals surface area contributed by atoms with Gasteiger partial charge in [-0.05, 0) is 33.5 Å². The van der Waals surface area contributed by atoms with Gasteiger partial charge >= 0.3 is 0 Å². The number of ketones is 1. The van der Waals surface area contributed by atoms with Crippen LogP contribution in [0.5, 0.6) is 0 Å². The molecular weight excluding hydrogens is 316 g/mol. The molecule has 0 heterocycles. The highest BCUT2D eigenvalue weighted by atomic mass is 16.1. The molecule has 0 fully saturated rings. The van der Waals surface area contributed by atoms with E-state index in [9.17, 15) is 4.79 Å². The van der Waals surface area contributed by atoms with Gasteiger partial charge in [0.05, 0.1) is 0 Å². The molecule has 4 rings (SSSR count). The molecule has 4 aromatic rings. The average Bonchev–Trinajstić information content (AvgIpc) is 2.73. The lowest BCUT2D eigenvalue weighted by atomic mass is 10.0. The van der Waals surface area contributed by atoms with E-state index in [1.54, 1.807) is 6.08 Å². The Balaban J connectivity index is 1.57. The largest absolute Gasteiger partial charge is 0.289 e. The Bertz CT molecular complexity index is 1070. The van der Waals surface area contributed by atoms with Gasteiger partial charge in [-0.1, -0.05) is 103 Å². The molecule has 0 atom stereocenters. The molecule has 0 unspecified atom stereocenters. The van der Waals surface area contributed by atoms with Crippen molar-refractivity contribution < 1.29 is 4.79 Å². The number of allylic oxidation sites excluding steroid dienone is 1. The van der Waals surface area contributed by atoms with Crippen LogP contribution >= 0.6 is 0 Å². The standard InChI is InChI=1S/C25H18O/c26-25(18-17-22-11-6-10-21-9-4-5-12-24(21)22)23-15-13-20(14-16-23)19-7-2-1-3-8-19/h1-18H/b18-17+. The van der Waals surface area contributed by atoms with E-state index in [0.29, 0.717) is 5.56 Å². The van der Waals surface area contributed by atoms with Crippen molar-refractivity contribution in [3.8, 4) is 11.1 Å². The summed E-state index contributed by atoms with van der Waals surface area (Å²) < 4.78 is 0. The van der Waals surface area contributed by atoms with Crippen molar-refractivity contribution in [1.82, 2.24) is 0 Å². The summed E-state index contributed by atoms with van der Waals surface area (Å²) in [4.78, 5) is 12.5. The Hall–Kier alpha value is -3.45. The number of carbonyl (C=O) groups is 1. The number of hydrogen-bond acceptors (Lipinski definition) is 1. The van der Waals surface area contributed by atoms with Crippen LogP contribution in [0.2, 0.25) is 0 Å². The zero-order valence-corrected chi connectivity index (χ0v) is 14.3. The number of hydrogen-bond donors (Lipinski definition) is 0. The minimum Gasteiger partial charge on any atom is -0.289 e. The van der Waals surface area contributed by atoms with Crippen LogP contribution in [-0.4, -0.2) is 5.78 Å². The lowest BCUT2D eigenvalue weighted by molar-refractivity contribution is 0.104. The van der Waals surface area contributed by atoms with Crippen LogP contribution in [0.3, 0.4) is 0 Å². The van der Waals surface area contributed by atoms with Gasteiger partial charge in [-0.25, -0.2) is 0 Å². The first-order valence-electron chi connectivity index (χ1n) is 8.67. The van der Waals surface area contributed by atoms with Crippen molar-refractivity contribution in [1.29, 1.82) is 0 Å². The van der Waals surface area contributed by atoms with E-state index < -0.39 is 0 Å². The highest BCUT2D eigenvalue weighted by Crippen LogP contribution is 2.21. The zero-order valence-electron chi connectivity index (χ0n) is 14.3. The Morgan fingerprint density at radius 3 is 2.08 bits per heavy atom. The van der Waals surface area contributed by atoms with Crippen LogP contribution in [-0.2, 0) is 0 Å². The molecule has 0 radical (unpaired) electrons. The van der Waals surface area contributed by atoms with Crippen molar-refractivity contribution in [3.05, 3.63) is 114 Å². The topological polar surface area (TPSA) is 17.1 Å². The van der Waals surface area contributed by atoms with Crippen molar-refractivity contribution in [2.75, 3.05) is 0 Å². The Morgan fingerprint density at radius 2 is 1.27 bits per heavy atom. The predicted molar refractivity (Wildman–Crippen MR) is 109 cm³/mol. The maximum atomic E-state index is 12.5. The van der Waals surface area contributed by atoms with Crippen LogP contribution in [0.4, 0.5) is 0 Å². The van der Waals surface area contributed by atoms with Crippen LogP contribution < -0.4 is 0 Å². The number of rotatable bonds is 4. The third-order valence-electron chi connectivity index (χ3n) is 4.51. The second-order valence-corrected chi connectivity index (χ2v) is 6.21. The normalized spacial score (nSPS) is 11.1. The van der Waals surface area contributed by atoms with Gasteiger partial charge in [0, 0.05) is 5.56 Å². The number of carbonyl (C=O) groups excluding carboxylic acids is 1. The van der Waals surface area contributed by atoms with E-state index in [-0.39, 0.29) is 5.78 Å². The fraction of sp³-hybridized carbons (Fsp3) is 0. The smallest absolute Gasteiger partial charge is 0.185 e. The maximum Gasteiger partial charge on any atom is 0.185 e. The van der Waals surface area contributed by atoms with E-state index in [1.165, 1.54) is 5.39 Å². The fourth-order valence-electron chi connectivity index (χ4n) is 3.12.